The van der Waals surface area contributed by atoms with E-state index in [1.807, 2.05) is 56.0 Å². The number of ether oxygens (including phenoxy) is 2. The average molecular weight is 915 g/mol. The van der Waals surface area contributed by atoms with Crippen molar-refractivity contribution in [1.82, 2.24) is 39.3 Å². The number of aliphatic hydroxyl groups excluding tert-OH is 1. The maximum Gasteiger partial charge on any atom is 0.410 e. The number of unbranched alkanes of at least 4 members (excludes halogenated alkanes) is 1. The normalized spacial score (nSPS) is 19.6. The number of aromatic hydroxyl groups is 3. The van der Waals surface area contributed by atoms with Gasteiger partial charge >= 0.3 is 17.8 Å². The van der Waals surface area contributed by atoms with Crippen LogP contribution in [0.15, 0.2) is 76.6 Å². The van der Waals surface area contributed by atoms with E-state index in [9.17, 15) is 34.8 Å². The molecule has 2 unspecified atom stereocenters. The van der Waals surface area contributed by atoms with E-state index in [1.165, 1.54) is 15.5 Å². The Balaban J connectivity index is 0.779. The van der Waals surface area contributed by atoms with Crippen LogP contribution in [0.2, 0.25) is 0 Å². The van der Waals surface area contributed by atoms with Gasteiger partial charge in [-0.25, -0.2) is 29.0 Å². The number of nitrogens with zero attached hydrogens (tertiary/aromatic N) is 7. The van der Waals surface area contributed by atoms with Gasteiger partial charge in [0, 0.05) is 81.0 Å². The molecular weight excluding hydrogens is 857 g/mol. The Morgan fingerprint density at radius 2 is 1.73 bits per heavy atom. The molecule has 0 spiro atoms. The topological polar surface area (TPSA) is 210 Å². The summed E-state index contributed by atoms with van der Waals surface area (Å²) < 4.78 is 13.2. The number of aromatic amines is 1. The summed E-state index contributed by atoms with van der Waals surface area (Å²) in [7, 11) is 1.66. The molecule has 5 aromatic rings. The molecule has 0 saturated carbocycles. The minimum absolute atomic E-state index is 0.00782. The standard InChI is InChI=1S/C50H58N8O9/c1-6-33-35-22-32(59)14-15-40(35)51-44-37(33)27-57-41(44)24-39-38(46(57)62)28-66-47(63)50(39,7-2)67-49(65)54(5)16-8-9-17-55-18-20-56(21-19-55)26-30-10-12-31(13-11-30)58-45(52-53-48(58)64)36-23-34(29(3)4)42(60)25-43(36)61/h10-15,22-25,29,46,59-62H,6-9,16-21,26-28H2,1-5H3,(H,53,64). The molecule has 17 heteroatoms. The van der Waals surface area contributed by atoms with E-state index in [0.29, 0.717) is 64.4 Å². The molecule has 67 heavy (non-hydrogen) atoms. The number of aromatic nitrogens is 4. The molecule has 0 aliphatic carbocycles. The van der Waals surface area contributed by atoms with Gasteiger partial charge in [-0.15, -0.1) is 0 Å². The Labute approximate surface area is 388 Å². The third-order valence-electron chi connectivity index (χ3n) is 13.8. The molecule has 6 heterocycles. The molecule has 1 amide bonds. The Bertz CT molecular complexity index is 2860. The Kier molecular flexibility index (Phi) is 12.3. The van der Waals surface area contributed by atoms with Crippen molar-refractivity contribution >= 4 is 28.7 Å². The number of phenolic OH excluding ortho intramolecular Hbond substituents is 3. The zero-order valence-electron chi connectivity index (χ0n) is 38.6. The van der Waals surface area contributed by atoms with E-state index in [-0.39, 0.29) is 42.0 Å². The minimum Gasteiger partial charge on any atom is -0.508 e. The highest BCUT2D eigenvalue weighted by Gasteiger charge is 2.54. The second kappa shape index (κ2) is 18.2. The molecule has 1 fully saturated rings. The molecule has 2 atom stereocenters. The van der Waals surface area contributed by atoms with Crippen LogP contribution in [0.4, 0.5) is 4.79 Å². The molecule has 4 aliphatic heterocycles. The lowest BCUT2D eigenvalue weighted by Crippen LogP contribution is -2.54. The number of cyclic esters (lactones) is 1. The molecule has 9 rings (SSSR count). The Hall–Kier alpha value is -6.69. The summed E-state index contributed by atoms with van der Waals surface area (Å²) in [5.74, 6) is -0.467. The first-order chi connectivity index (χ1) is 32.2. The highest BCUT2D eigenvalue weighted by atomic mass is 16.6. The van der Waals surface area contributed by atoms with Crippen molar-refractivity contribution in [3.63, 3.8) is 0 Å². The number of rotatable bonds is 13. The average Bonchev–Trinajstić information content (AvgIpc) is 3.88. The monoisotopic (exact) mass is 914 g/mol. The van der Waals surface area contributed by atoms with Crippen LogP contribution < -0.4 is 5.69 Å². The lowest BCUT2D eigenvalue weighted by Gasteiger charge is -2.42. The highest BCUT2D eigenvalue weighted by Crippen LogP contribution is 2.47. The third-order valence-corrected chi connectivity index (χ3v) is 13.8. The number of H-pyrrole nitrogens is 1. The lowest BCUT2D eigenvalue weighted by molar-refractivity contribution is -0.165. The zero-order valence-corrected chi connectivity index (χ0v) is 38.6. The quantitative estimate of drug-likeness (QED) is 0.0706. The largest absolute Gasteiger partial charge is 0.508 e. The van der Waals surface area contributed by atoms with Crippen LogP contribution >= 0.6 is 0 Å². The smallest absolute Gasteiger partial charge is 0.410 e. The second-order valence-corrected chi connectivity index (χ2v) is 18.3. The van der Waals surface area contributed by atoms with Gasteiger partial charge in [0.2, 0.25) is 5.60 Å². The number of pyridine rings is 1. The number of aliphatic hydroxyl groups is 1. The van der Waals surface area contributed by atoms with Gasteiger partial charge in [0.15, 0.2) is 12.1 Å². The maximum absolute atomic E-state index is 13.8. The number of nitrogens with one attached hydrogen (secondary N) is 1. The van der Waals surface area contributed by atoms with Crippen molar-refractivity contribution in [2.24, 2.45) is 0 Å². The summed E-state index contributed by atoms with van der Waals surface area (Å²) in [6, 6.07) is 15.7. The molecule has 2 aromatic heterocycles. The van der Waals surface area contributed by atoms with E-state index < -0.39 is 29.6 Å². The number of phenols is 3. The Morgan fingerprint density at radius 3 is 2.45 bits per heavy atom. The fraction of sp³-hybridized carbons (Fsp3) is 0.420. The number of esters is 1. The van der Waals surface area contributed by atoms with Gasteiger partial charge in [0.1, 0.15) is 23.9 Å². The summed E-state index contributed by atoms with van der Waals surface area (Å²) in [6.45, 7) is 13.6. The van der Waals surface area contributed by atoms with Crippen LogP contribution in [0.3, 0.4) is 0 Å². The number of piperazine rings is 1. The molecule has 5 N–H and O–H groups in total. The van der Waals surface area contributed by atoms with Gasteiger partial charge in [-0.1, -0.05) is 39.8 Å². The van der Waals surface area contributed by atoms with Crippen LogP contribution in [0, 0.1) is 0 Å². The predicted octanol–water partition coefficient (Wildman–Crippen LogP) is 5.74. The first-order valence-electron chi connectivity index (χ1n) is 23.1. The maximum atomic E-state index is 13.8. The molecule has 0 radical (unpaired) electrons. The third kappa shape index (κ3) is 8.29. The number of hydrogen-bond acceptors (Lipinski definition) is 14. The van der Waals surface area contributed by atoms with Gasteiger partial charge in [-0.2, -0.15) is 5.10 Å². The van der Waals surface area contributed by atoms with Crippen LogP contribution in [0.1, 0.15) is 80.8 Å². The number of benzene rings is 3. The number of carbonyl (C=O) groups excluding carboxylic acids is 2. The SMILES string of the molecule is CCc1c2c(nc3ccc(O)cc13)C1=CC3=C(COC(=O)C3(CC)OC(=O)N(C)CCCCN3CCN(Cc4ccc(-n5c(-c6cc(C(C)C)c(O)cc6O)n[nH]c5=O)cc4)CC3)C(O)N1C2. The zero-order chi connectivity index (χ0) is 47.3. The molecule has 0 bridgehead atoms. The fourth-order valence-corrected chi connectivity index (χ4v) is 10.00. The van der Waals surface area contributed by atoms with E-state index in [1.54, 1.807) is 38.2 Å². The van der Waals surface area contributed by atoms with Gasteiger partial charge < -0.3 is 44.6 Å². The van der Waals surface area contributed by atoms with Crippen molar-refractivity contribution in [3.05, 3.63) is 110 Å². The van der Waals surface area contributed by atoms with Crippen molar-refractivity contribution in [3.8, 4) is 34.3 Å². The lowest BCUT2D eigenvalue weighted by atomic mass is 9.82. The van der Waals surface area contributed by atoms with Crippen molar-refractivity contribution in [2.45, 2.75) is 84.2 Å². The van der Waals surface area contributed by atoms with Crippen molar-refractivity contribution < 1.29 is 39.5 Å². The van der Waals surface area contributed by atoms with E-state index in [4.69, 9.17) is 14.5 Å². The molecule has 3 aromatic carbocycles. The fourth-order valence-electron chi connectivity index (χ4n) is 10.00. The summed E-state index contributed by atoms with van der Waals surface area (Å²) in [5, 5.41) is 50.6. The number of amides is 1. The van der Waals surface area contributed by atoms with Gasteiger partial charge in [-0.3, -0.25) is 4.90 Å². The molecule has 17 nitrogen and oxygen atoms in total. The summed E-state index contributed by atoms with van der Waals surface area (Å²) in [4.78, 5) is 53.5. The van der Waals surface area contributed by atoms with Gasteiger partial charge in [0.25, 0.3) is 0 Å². The molecular formula is C50H58N8O9. The second-order valence-electron chi connectivity index (χ2n) is 18.3. The first-order valence-corrected chi connectivity index (χ1v) is 23.1. The van der Waals surface area contributed by atoms with Crippen LogP contribution in [0.25, 0.3) is 33.7 Å². The van der Waals surface area contributed by atoms with Gasteiger partial charge in [-0.05, 0) is 97.3 Å². The van der Waals surface area contributed by atoms with Crippen molar-refractivity contribution in [1.29, 1.82) is 0 Å². The first kappa shape index (κ1) is 45.5. The van der Waals surface area contributed by atoms with Crippen LogP contribution in [-0.4, -0.2) is 137 Å². The summed E-state index contributed by atoms with van der Waals surface area (Å²) in [6.07, 6.45) is 2.44. The van der Waals surface area contributed by atoms with Gasteiger partial charge in [0.05, 0.1) is 28.2 Å². The van der Waals surface area contributed by atoms with Crippen LogP contribution in [0.5, 0.6) is 17.2 Å². The Morgan fingerprint density at radius 1 is 0.985 bits per heavy atom. The molecule has 352 valence electrons. The summed E-state index contributed by atoms with van der Waals surface area (Å²) >= 11 is 0. The number of aryl methyl sites for hydroxylation is 1. The van der Waals surface area contributed by atoms with E-state index in [2.05, 4.69) is 20.0 Å². The van der Waals surface area contributed by atoms with Crippen LogP contribution in [-0.2, 0) is 33.8 Å². The molecule has 4 aliphatic rings. The number of carbonyl (C=O) groups is 2. The van der Waals surface area contributed by atoms with Crippen molar-refractivity contribution in [2.75, 3.05) is 52.9 Å². The van der Waals surface area contributed by atoms with E-state index in [0.717, 1.165) is 74.2 Å². The molecule has 1 saturated heterocycles. The summed E-state index contributed by atoms with van der Waals surface area (Å²) in [5.41, 5.74) is 5.41. The number of hydrogen-bond donors (Lipinski definition) is 5. The highest BCUT2D eigenvalue weighted by molar-refractivity contribution is 5.93. The minimum atomic E-state index is -1.75. The predicted molar refractivity (Wildman–Crippen MR) is 250 cm³/mol. The van der Waals surface area contributed by atoms with E-state index >= 15 is 0 Å². The number of fused-ring (bicyclic) bond motifs is 4.